The molecule has 8 heteroatoms. The van der Waals surface area contributed by atoms with E-state index in [4.69, 9.17) is 4.42 Å². The molecule has 1 aliphatic heterocycles. The predicted molar refractivity (Wildman–Crippen MR) is 97.2 cm³/mol. The van der Waals surface area contributed by atoms with Crippen LogP contribution in [0.1, 0.15) is 41.3 Å². The zero-order valence-electron chi connectivity index (χ0n) is 15.1. The third-order valence-corrected chi connectivity index (χ3v) is 4.85. The minimum absolute atomic E-state index is 0.154. The number of piperidine rings is 1. The summed E-state index contributed by atoms with van der Waals surface area (Å²) in [5.41, 5.74) is 0.390. The lowest BCUT2D eigenvalue weighted by Gasteiger charge is -2.34. The van der Waals surface area contributed by atoms with E-state index in [0.717, 1.165) is 12.8 Å². The van der Waals surface area contributed by atoms with Gasteiger partial charge in [0.15, 0.2) is 5.76 Å². The highest BCUT2D eigenvalue weighted by molar-refractivity contribution is 5.95. The molecule has 7 nitrogen and oxygen atoms in total. The van der Waals surface area contributed by atoms with E-state index in [9.17, 15) is 23.9 Å². The molecule has 2 unspecified atom stereocenters. The van der Waals surface area contributed by atoms with E-state index < -0.39 is 29.7 Å². The van der Waals surface area contributed by atoms with Gasteiger partial charge in [0.1, 0.15) is 11.9 Å². The van der Waals surface area contributed by atoms with Gasteiger partial charge in [-0.15, -0.1) is 0 Å². The lowest BCUT2D eigenvalue weighted by molar-refractivity contribution is -0.138. The summed E-state index contributed by atoms with van der Waals surface area (Å²) in [6.45, 7) is 0.275. The van der Waals surface area contributed by atoms with Crippen molar-refractivity contribution in [1.82, 2.24) is 10.2 Å². The van der Waals surface area contributed by atoms with E-state index in [1.807, 2.05) is 0 Å². The number of halogens is 1. The smallest absolute Gasteiger partial charge is 0.312 e. The lowest BCUT2D eigenvalue weighted by Crippen LogP contribution is -2.52. The average molecular weight is 388 g/mol. The number of rotatable bonds is 6. The van der Waals surface area contributed by atoms with Gasteiger partial charge in [-0.2, -0.15) is 0 Å². The Hall–Kier alpha value is -3.16. The standard InChI is InChI=1S/C20H21FN2O5/c21-14-8-6-13(7-9-14)15(20(26)27)12-22-18(24)16-4-1-2-10-23(16)19(25)17-5-3-11-28-17/h3,5-9,11,15-16H,1-2,4,10,12H2,(H,22,24)(H,26,27). The van der Waals surface area contributed by atoms with Crippen molar-refractivity contribution in [2.24, 2.45) is 0 Å². The van der Waals surface area contributed by atoms with Gasteiger partial charge in [-0.25, -0.2) is 4.39 Å². The first-order chi connectivity index (χ1) is 13.5. The molecule has 1 aliphatic rings. The number of benzene rings is 1. The highest BCUT2D eigenvalue weighted by atomic mass is 19.1. The van der Waals surface area contributed by atoms with Gasteiger partial charge in [0.05, 0.1) is 12.2 Å². The minimum Gasteiger partial charge on any atom is -0.481 e. The number of hydrogen-bond acceptors (Lipinski definition) is 4. The van der Waals surface area contributed by atoms with E-state index >= 15 is 0 Å². The number of carbonyl (C=O) groups is 3. The van der Waals surface area contributed by atoms with E-state index in [2.05, 4.69) is 5.32 Å². The van der Waals surface area contributed by atoms with Crippen molar-refractivity contribution in [2.75, 3.05) is 13.1 Å². The number of nitrogens with one attached hydrogen (secondary N) is 1. The van der Waals surface area contributed by atoms with Crippen LogP contribution in [-0.4, -0.2) is 46.9 Å². The molecule has 28 heavy (non-hydrogen) atoms. The highest BCUT2D eigenvalue weighted by Crippen LogP contribution is 2.21. The van der Waals surface area contributed by atoms with E-state index in [1.54, 1.807) is 12.1 Å². The number of carbonyl (C=O) groups excluding carboxylic acids is 2. The summed E-state index contributed by atoms with van der Waals surface area (Å²) < 4.78 is 18.2. The van der Waals surface area contributed by atoms with Gasteiger partial charge in [0.25, 0.3) is 5.91 Å². The Morgan fingerprint density at radius 3 is 2.61 bits per heavy atom. The molecule has 1 saturated heterocycles. The summed E-state index contributed by atoms with van der Waals surface area (Å²) in [7, 11) is 0. The van der Waals surface area contributed by atoms with Crippen LogP contribution in [0.25, 0.3) is 0 Å². The number of furan rings is 1. The second-order valence-corrected chi connectivity index (χ2v) is 6.67. The third-order valence-electron chi connectivity index (χ3n) is 4.85. The maximum Gasteiger partial charge on any atom is 0.312 e. The normalized spacial score (nSPS) is 17.8. The molecular formula is C20H21FN2O5. The zero-order chi connectivity index (χ0) is 20.1. The van der Waals surface area contributed by atoms with Crippen LogP contribution in [0, 0.1) is 5.82 Å². The van der Waals surface area contributed by atoms with Gasteiger partial charge in [0, 0.05) is 13.1 Å². The molecule has 2 aromatic rings. The molecule has 3 rings (SSSR count). The summed E-state index contributed by atoms with van der Waals surface area (Å²) in [4.78, 5) is 38.3. The van der Waals surface area contributed by atoms with Crippen molar-refractivity contribution < 1.29 is 28.3 Å². The van der Waals surface area contributed by atoms with Crippen molar-refractivity contribution in [1.29, 1.82) is 0 Å². The summed E-state index contributed by atoms with van der Waals surface area (Å²) in [6.07, 6.45) is 3.46. The third kappa shape index (κ3) is 4.39. The molecule has 0 radical (unpaired) electrons. The maximum atomic E-state index is 13.1. The van der Waals surface area contributed by atoms with Crippen molar-refractivity contribution in [3.05, 3.63) is 59.8 Å². The molecule has 2 heterocycles. The van der Waals surface area contributed by atoms with Crippen LogP contribution < -0.4 is 5.32 Å². The minimum atomic E-state index is -1.13. The fraction of sp³-hybridized carbons (Fsp3) is 0.350. The molecule has 0 saturated carbocycles. The van der Waals surface area contributed by atoms with E-state index in [-0.39, 0.29) is 18.2 Å². The quantitative estimate of drug-likeness (QED) is 0.792. The van der Waals surface area contributed by atoms with Crippen LogP contribution in [0.3, 0.4) is 0 Å². The lowest BCUT2D eigenvalue weighted by atomic mass is 9.98. The number of carboxylic acid groups (broad SMARTS) is 1. The Bertz CT molecular complexity index is 835. The van der Waals surface area contributed by atoms with Crippen LogP contribution in [0.15, 0.2) is 47.1 Å². The topological polar surface area (TPSA) is 99.9 Å². The predicted octanol–water partition coefficient (Wildman–Crippen LogP) is 2.40. The van der Waals surface area contributed by atoms with Crippen LogP contribution in [0.2, 0.25) is 0 Å². The van der Waals surface area contributed by atoms with Gasteiger partial charge < -0.3 is 19.7 Å². The maximum absolute atomic E-state index is 13.1. The van der Waals surface area contributed by atoms with Crippen molar-refractivity contribution in [2.45, 2.75) is 31.2 Å². The number of aliphatic carboxylic acids is 1. The second-order valence-electron chi connectivity index (χ2n) is 6.67. The molecule has 1 fully saturated rings. The zero-order valence-corrected chi connectivity index (χ0v) is 15.1. The molecule has 0 bridgehead atoms. The Balaban J connectivity index is 1.68. The van der Waals surface area contributed by atoms with Crippen molar-refractivity contribution >= 4 is 17.8 Å². The average Bonchev–Trinajstić information content (AvgIpc) is 3.23. The molecule has 1 aromatic carbocycles. The molecule has 2 amide bonds. The van der Waals surface area contributed by atoms with Gasteiger partial charge in [-0.1, -0.05) is 12.1 Å². The number of nitrogens with zero attached hydrogens (tertiary/aromatic N) is 1. The summed E-state index contributed by atoms with van der Waals surface area (Å²) in [6, 6.07) is 7.58. The Labute approximate surface area is 161 Å². The van der Waals surface area contributed by atoms with Gasteiger partial charge in [0.2, 0.25) is 5.91 Å². The van der Waals surface area contributed by atoms with Gasteiger partial charge in [-0.3, -0.25) is 14.4 Å². The first-order valence-electron chi connectivity index (χ1n) is 9.08. The fourth-order valence-corrected chi connectivity index (χ4v) is 3.35. The second kappa shape index (κ2) is 8.69. The molecule has 2 N–H and O–H groups in total. The van der Waals surface area contributed by atoms with Crippen LogP contribution in [0.5, 0.6) is 0 Å². The SMILES string of the molecule is O=C(O)C(CNC(=O)C1CCCCN1C(=O)c1ccco1)c1ccc(F)cc1. The van der Waals surface area contributed by atoms with Gasteiger partial charge in [-0.05, 0) is 49.1 Å². The Morgan fingerprint density at radius 1 is 1.21 bits per heavy atom. The number of carboxylic acids is 1. The largest absolute Gasteiger partial charge is 0.481 e. The number of likely N-dealkylation sites (tertiary alicyclic amines) is 1. The summed E-state index contributed by atoms with van der Waals surface area (Å²) in [5, 5.41) is 12.1. The number of hydrogen-bond donors (Lipinski definition) is 2. The summed E-state index contributed by atoms with van der Waals surface area (Å²) >= 11 is 0. The first kappa shape index (κ1) is 19.6. The van der Waals surface area contributed by atoms with Crippen molar-refractivity contribution in [3.63, 3.8) is 0 Å². The van der Waals surface area contributed by atoms with Gasteiger partial charge >= 0.3 is 5.97 Å². The first-order valence-corrected chi connectivity index (χ1v) is 9.08. The monoisotopic (exact) mass is 388 g/mol. The highest BCUT2D eigenvalue weighted by Gasteiger charge is 2.34. The van der Waals surface area contributed by atoms with Crippen LogP contribution in [-0.2, 0) is 9.59 Å². The molecule has 0 aliphatic carbocycles. The molecular weight excluding hydrogens is 367 g/mol. The van der Waals surface area contributed by atoms with Crippen LogP contribution >= 0.6 is 0 Å². The van der Waals surface area contributed by atoms with E-state index in [0.29, 0.717) is 18.5 Å². The Morgan fingerprint density at radius 2 is 1.96 bits per heavy atom. The Kier molecular flexibility index (Phi) is 6.08. The summed E-state index contributed by atoms with van der Waals surface area (Å²) in [5.74, 6) is -3.21. The van der Waals surface area contributed by atoms with E-state index in [1.165, 1.54) is 35.4 Å². The number of amides is 2. The van der Waals surface area contributed by atoms with Crippen molar-refractivity contribution in [3.8, 4) is 0 Å². The molecule has 148 valence electrons. The molecule has 0 spiro atoms. The molecule has 2 atom stereocenters. The molecule has 1 aromatic heterocycles. The fourth-order valence-electron chi connectivity index (χ4n) is 3.35. The van der Waals surface area contributed by atoms with Crippen LogP contribution in [0.4, 0.5) is 4.39 Å².